The predicted molar refractivity (Wildman–Crippen MR) is 67.2 cm³/mol. The van der Waals surface area contributed by atoms with E-state index in [2.05, 4.69) is 10.1 Å². The summed E-state index contributed by atoms with van der Waals surface area (Å²) in [5, 5.41) is 3.10. The second-order valence-corrected chi connectivity index (χ2v) is 3.47. The Labute approximate surface area is 105 Å². The second-order valence-electron chi connectivity index (χ2n) is 3.47. The molecule has 0 spiro atoms. The van der Waals surface area contributed by atoms with Crippen molar-refractivity contribution in [1.82, 2.24) is 5.32 Å². The predicted octanol–water partition coefficient (Wildman–Crippen LogP) is 2.92. The van der Waals surface area contributed by atoms with Crippen LogP contribution in [0.3, 0.4) is 0 Å². The highest BCUT2D eigenvalue weighted by atomic mass is 19.3. The molecule has 1 aromatic rings. The fraction of sp³-hybridized carbons (Fsp3) is 0.385. The zero-order valence-electron chi connectivity index (χ0n) is 10.5. The van der Waals surface area contributed by atoms with E-state index in [-0.39, 0.29) is 5.75 Å². The van der Waals surface area contributed by atoms with Crippen LogP contribution in [0.2, 0.25) is 0 Å². The van der Waals surface area contributed by atoms with Gasteiger partial charge in [0.05, 0.1) is 7.11 Å². The van der Waals surface area contributed by atoms with Crippen molar-refractivity contribution in [2.24, 2.45) is 0 Å². The first-order valence-corrected chi connectivity index (χ1v) is 5.68. The summed E-state index contributed by atoms with van der Waals surface area (Å²) in [5.41, 5.74) is 0.563. The van der Waals surface area contributed by atoms with E-state index in [1.807, 2.05) is 13.0 Å². The number of methoxy groups -OCH3 is 1. The lowest BCUT2D eigenvalue weighted by molar-refractivity contribution is -0.0513. The van der Waals surface area contributed by atoms with Crippen LogP contribution in [0.25, 0.3) is 6.08 Å². The zero-order chi connectivity index (χ0) is 13.4. The Bertz CT molecular complexity index is 395. The summed E-state index contributed by atoms with van der Waals surface area (Å²) in [6.45, 7) is 0.636. The maximum atomic E-state index is 12.3. The SMILES string of the molecule is CCNCC=Cc1cccc(OC)c1OC(F)F. The molecule has 0 unspecified atom stereocenters. The Morgan fingerprint density at radius 2 is 2.17 bits per heavy atom. The van der Waals surface area contributed by atoms with Gasteiger partial charge in [0, 0.05) is 12.1 Å². The molecule has 0 aromatic heterocycles. The molecule has 5 heteroatoms. The van der Waals surface area contributed by atoms with Gasteiger partial charge in [-0.1, -0.05) is 31.2 Å². The van der Waals surface area contributed by atoms with Gasteiger partial charge in [-0.25, -0.2) is 0 Å². The van der Waals surface area contributed by atoms with Crippen molar-refractivity contribution in [2.75, 3.05) is 20.2 Å². The highest BCUT2D eigenvalue weighted by Crippen LogP contribution is 2.33. The minimum atomic E-state index is -2.87. The van der Waals surface area contributed by atoms with Gasteiger partial charge in [0.1, 0.15) is 0 Å². The average molecular weight is 257 g/mol. The first-order chi connectivity index (χ1) is 8.69. The Balaban J connectivity index is 2.91. The molecule has 1 N–H and O–H groups in total. The Hall–Kier alpha value is -1.62. The molecule has 0 aliphatic carbocycles. The quantitative estimate of drug-likeness (QED) is 0.762. The first-order valence-electron chi connectivity index (χ1n) is 5.68. The van der Waals surface area contributed by atoms with Crippen LogP contribution >= 0.6 is 0 Å². The number of halogens is 2. The molecule has 0 aliphatic heterocycles. The summed E-state index contributed by atoms with van der Waals surface area (Å²) >= 11 is 0. The molecule has 1 rings (SSSR count). The van der Waals surface area contributed by atoms with Gasteiger partial charge in [0.2, 0.25) is 0 Å². The highest BCUT2D eigenvalue weighted by Gasteiger charge is 2.13. The van der Waals surface area contributed by atoms with Crippen LogP contribution in [-0.4, -0.2) is 26.8 Å². The molecule has 0 amide bonds. The summed E-state index contributed by atoms with van der Waals surface area (Å²) in [7, 11) is 1.42. The lowest BCUT2D eigenvalue weighted by Gasteiger charge is -2.12. The molecule has 0 radical (unpaired) electrons. The van der Waals surface area contributed by atoms with Gasteiger partial charge in [-0.3, -0.25) is 0 Å². The Kier molecular flexibility index (Phi) is 6.14. The number of benzene rings is 1. The molecule has 3 nitrogen and oxygen atoms in total. The van der Waals surface area contributed by atoms with Crippen molar-refractivity contribution in [1.29, 1.82) is 0 Å². The molecule has 0 fully saturated rings. The molecular weight excluding hydrogens is 240 g/mol. The Morgan fingerprint density at radius 3 is 2.78 bits per heavy atom. The number of ether oxygens (including phenoxy) is 2. The van der Waals surface area contributed by atoms with Crippen molar-refractivity contribution < 1.29 is 18.3 Å². The fourth-order valence-corrected chi connectivity index (χ4v) is 1.45. The van der Waals surface area contributed by atoms with Gasteiger partial charge in [-0.15, -0.1) is 0 Å². The number of rotatable bonds is 7. The molecule has 100 valence electrons. The molecule has 0 aliphatic rings. The van der Waals surface area contributed by atoms with Crippen LogP contribution in [0.5, 0.6) is 11.5 Å². The van der Waals surface area contributed by atoms with Crippen molar-refractivity contribution >= 4 is 6.08 Å². The molecule has 0 bridgehead atoms. The minimum absolute atomic E-state index is 0.0581. The van der Waals surface area contributed by atoms with Crippen molar-refractivity contribution in [3.63, 3.8) is 0 Å². The molecule has 0 saturated heterocycles. The van der Waals surface area contributed by atoms with Gasteiger partial charge < -0.3 is 14.8 Å². The van der Waals surface area contributed by atoms with Gasteiger partial charge >= 0.3 is 6.61 Å². The van der Waals surface area contributed by atoms with Gasteiger partial charge in [0.25, 0.3) is 0 Å². The van der Waals surface area contributed by atoms with Crippen LogP contribution in [0.15, 0.2) is 24.3 Å². The maximum Gasteiger partial charge on any atom is 0.387 e. The normalized spacial score (nSPS) is 11.2. The lowest BCUT2D eigenvalue weighted by Crippen LogP contribution is -2.11. The van der Waals surface area contributed by atoms with Crippen LogP contribution in [-0.2, 0) is 0 Å². The van der Waals surface area contributed by atoms with E-state index >= 15 is 0 Å². The van der Waals surface area contributed by atoms with E-state index < -0.39 is 6.61 Å². The molecular formula is C13H17F2NO2. The average Bonchev–Trinajstić information content (AvgIpc) is 2.35. The summed E-state index contributed by atoms with van der Waals surface area (Å²) in [6, 6.07) is 5.01. The Morgan fingerprint density at radius 1 is 1.39 bits per heavy atom. The monoisotopic (exact) mass is 257 g/mol. The number of para-hydroxylation sites is 1. The third-order valence-corrected chi connectivity index (χ3v) is 2.25. The van der Waals surface area contributed by atoms with Crippen LogP contribution in [0.4, 0.5) is 8.78 Å². The largest absolute Gasteiger partial charge is 0.493 e. The summed E-state index contributed by atoms with van der Waals surface area (Å²) in [6.07, 6.45) is 3.57. The van der Waals surface area contributed by atoms with E-state index in [4.69, 9.17) is 4.74 Å². The van der Waals surface area contributed by atoms with Gasteiger partial charge in [0.15, 0.2) is 11.5 Å². The van der Waals surface area contributed by atoms with Crippen molar-refractivity contribution in [2.45, 2.75) is 13.5 Å². The molecule has 0 atom stereocenters. The number of hydrogen-bond donors (Lipinski definition) is 1. The summed E-state index contributed by atoms with van der Waals surface area (Å²) in [5.74, 6) is 0.351. The van der Waals surface area contributed by atoms with E-state index in [1.165, 1.54) is 7.11 Å². The van der Waals surface area contributed by atoms with Crippen molar-refractivity contribution in [3.8, 4) is 11.5 Å². The van der Waals surface area contributed by atoms with Crippen molar-refractivity contribution in [3.05, 3.63) is 29.8 Å². The third-order valence-electron chi connectivity index (χ3n) is 2.25. The van der Waals surface area contributed by atoms with E-state index in [1.54, 1.807) is 24.3 Å². The topological polar surface area (TPSA) is 30.5 Å². The number of nitrogens with one attached hydrogen (secondary N) is 1. The molecule has 0 heterocycles. The summed E-state index contributed by atoms with van der Waals surface area (Å²) in [4.78, 5) is 0. The van der Waals surface area contributed by atoms with E-state index in [9.17, 15) is 8.78 Å². The second kappa shape index (κ2) is 7.66. The van der Waals surface area contributed by atoms with Crippen LogP contribution in [0, 0.1) is 0 Å². The highest BCUT2D eigenvalue weighted by molar-refractivity contribution is 5.62. The maximum absolute atomic E-state index is 12.3. The third kappa shape index (κ3) is 4.33. The van der Waals surface area contributed by atoms with Crippen LogP contribution in [0.1, 0.15) is 12.5 Å². The number of hydrogen-bond acceptors (Lipinski definition) is 3. The van der Waals surface area contributed by atoms with Gasteiger partial charge in [-0.05, 0) is 12.6 Å². The van der Waals surface area contributed by atoms with Crippen LogP contribution < -0.4 is 14.8 Å². The first kappa shape index (κ1) is 14.4. The minimum Gasteiger partial charge on any atom is -0.493 e. The standard InChI is InChI=1S/C13H17F2NO2/c1-3-16-9-5-7-10-6-4-8-11(17-2)12(10)18-13(14)15/h4-8,13,16H,3,9H2,1-2H3. The summed E-state index contributed by atoms with van der Waals surface area (Å²) < 4.78 is 34.2. The van der Waals surface area contributed by atoms with Gasteiger partial charge in [-0.2, -0.15) is 8.78 Å². The molecule has 18 heavy (non-hydrogen) atoms. The van der Waals surface area contributed by atoms with E-state index in [0.717, 1.165) is 6.54 Å². The molecule has 1 aromatic carbocycles. The number of alkyl halides is 2. The van der Waals surface area contributed by atoms with E-state index in [0.29, 0.717) is 17.9 Å². The molecule has 0 saturated carbocycles. The fourth-order valence-electron chi connectivity index (χ4n) is 1.45. The lowest BCUT2D eigenvalue weighted by atomic mass is 10.1. The number of likely N-dealkylation sites (N-methyl/N-ethyl adjacent to an activating group) is 1. The zero-order valence-corrected chi connectivity index (χ0v) is 10.5. The smallest absolute Gasteiger partial charge is 0.387 e.